The van der Waals surface area contributed by atoms with Gasteiger partial charge in [0.05, 0.1) is 20.6 Å². The SMILES string of the molecule is COc1ccc(CNC(=O)[C@@H](C)OC(=O)CCNC(N)=O)cc1OC. The summed E-state index contributed by atoms with van der Waals surface area (Å²) in [5.74, 6) is 0.0913. The first-order chi connectivity index (χ1) is 11.9. The van der Waals surface area contributed by atoms with Gasteiger partial charge in [0.1, 0.15) is 0 Å². The molecule has 1 atom stereocenters. The van der Waals surface area contributed by atoms with Crippen LogP contribution in [0.15, 0.2) is 18.2 Å². The summed E-state index contributed by atoms with van der Waals surface area (Å²) in [6.07, 6.45) is -1.03. The summed E-state index contributed by atoms with van der Waals surface area (Å²) in [6, 6.07) is 4.53. The van der Waals surface area contributed by atoms with E-state index in [1.807, 2.05) is 0 Å². The zero-order valence-corrected chi connectivity index (χ0v) is 14.5. The monoisotopic (exact) mass is 353 g/mol. The number of esters is 1. The predicted octanol–water partition coefficient (Wildman–Crippen LogP) is 0.310. The molecule has 1 aromatic rings. The first-order valence-corrected chi connectivity index (χ1v) is 7.58. The fourth-order valence-corrected chi connectivity index (χ4v) is 1.92. The minimum Gasteiger partial charge on any atom is -0.493 e. The smallest absolute Gasteiger partial charge is 0.312 e. The van der Waals surface area contributed by atoms with Crippen LogP contribution in [-0.2, 0) is 20.9 Å². The van der Waals surface area contributed by atoms with E-state index in [9.17, 15) is 14.4 Å². The standard InChI is InChI=1S/C16H23N3O6/c1-10(25-14(20)6-7-18-16(17)22)15(21)19-9-11-4-5-12(23-2)13(8-11)24-3/h4-5,8,10H,6-7,9H2,1-3H3,(H,19,21)(H3,17,18,22)/t10-/m1/s1. The molecule has 0 saturated heterocycles. The summed E-state index contributed by atoms with van der Waals surface area (Å²) in [6.45, 7) is 1.75. The number of hydrogen-bond donors (Lipinski definition) is 3. The Bertz CT molecular complexity index is 620. The van der Waals surface area contributed by atoms with Crippen molar-refractivity contribution in [2.75, 3.05) is 20.8 Å². The summed E-state index contributed by atoms with van der Waals surface area (Å²) >= 11 is 0. The van der Waals surface area contributed by atoms with Crippen LogP contribution in [0, 0.1) is 0 Å². The Morgan fingerprint density at radius 3 is 2.40 bits per heavy atom. The van der Waals surface area contributed by atoms with Crippen molar-refractivity contribution in [1.29, 1.82) is 0 Å². The number of ether oxygens (including phenoxy) is 3. The van der Waals surface area contributed by atoms with Gasteiger partial charge in [-0.1, -0.05) is 6.07 Å². The van der Waals surface area contributed by atoms with E-state index < -0.39 is 24.0 Å². The molecule has 4 N–H and O–H groups in total. The normalized spacial score (nSPS) is 11.2. The molecule has 0 aromatic heterocycles. The third-order valence-corrected chi connectivity index (χ3v) is 3.22. The molecule has 25 heavy (non-hydrogen) atoms. The maximum Gasteiger partial charge on any atom is 0.312 e. The zero-order chi connectivity index (χ0) is 18.8. The lowest BCUT2D eigenvalue weighted by atomic mass is 10.2. The number of amides is 3. The van der Waals surface area contributed by atoms with Gasteiger partial charge in [-0.25, -0.2) is 4.79 Å². The van der Waals surface area contributed by atoms with Crippen LogP contribution >= 0.6 is 0 Å². The van der Waals surface area contributed by atoms with Crippen LogP contribution < -0.4 is 25.8 Å². The molecule has 0 aliphatic rings. The van der Waals surface area contributed by atoms with Crippen molar-refractivity contribution in [1.82, 2.24) is 10.6 Å². The Balaban J connectivity index is 2.45. The van der Waals surface area contributed by atoms with Gasteiger partial charge in [-0.15, -0.1) is 0 Å². The highest BCUT2D eigenvalue weighted by atomic mass is 16.5. The van der Waals surface area contributed by atoms with Crippen LogP contribution in [0.3, 0.4) is 0 Å². The molecule has 1 rings (SSSR count). The molecule has 138 valence electrons. The first kappa shape index (κ1) is 20.1. The van der Waals surface area contributed by atoms with E-state index in [2.05, 4.69) is 10.6 Å². The van der Waals surface area contributed by atoms with Crippen molar-refractivity contribution in [3.8, 4) is 11.5 Å². The summed E-state index contributed by atoms with van der Waals surface area (Å²) in [4.78, 5) is 34.0. The predicted molar refractivity (Wildman–Crippen MR) is 89.1 cm³/mol. The van der Waals surface area contributed by atoms with Gasteiger partial charge in [0.25, 0.3) is 5.91 Å². The van der Waals surface area contributed by atoms with E-state index in [1.54, 1.807) is 18.2 Å². The highest BCUT2D eigenvalue weighted by Crippen LogP contribution is 2.27. The molecule has 0 radical (unpaired) electrons. The van der Waals surface area contributed by atoms with Gasteiger partial charge in [-0.3, -0.25) is 9.59 Å². The summed E-state index contributed by atoms with van der Waals surface area (Å²) in [5, 5.41) is 4.93. The number of primary amides is 1. The molecule has 0 saturated carbocycles. The van der Waals surface area contributed by atoms with Crippen molar-refractivity contribution >= 4 is 17.9 Å². The molecule has 0 heterocycles. The van der Waals surface area contributed by atoms with Gasteiger partial charge >= 0.3 is 12.0 Å². The van der Waals surface area contributed by atoms with Crippen molar-refractivity contribution in [3.05, 3.63) is 23.8 Å². The van der Waals surface area contributed by atoms with E-state index in [0.29, 0.717) is 11.5 Å². The highest BCUT2D eigenvalue weighted by molar-refractivity contribution is 5.83. The largest absolute Gasteiger partial charge is 0.493 e. The van der Waals surface area contributed by atoms with E-state index >= 15 is 0 Å². The zero-order valence-electron chi connectivity index (χ0n) is 14.5. The molecular weight excluding hydrogens is 330 g/mol. The molecule has 0 bridgehead atoms. The Morgan fingerprint density at radius 1 is 1.12 bits per heavy atom. The Labute approximate surface area is 145 Å². The maximum absolute atomic E-state index is 12.0. The Morgan fingerprint density at radius 2 is 1.80 bits per heavy atom. The fraction of sp³-hybridized carbons (Fsp3) is 0.438. The van der Waals surface area contributed by atoms with Gasteiger partial charge in [0, 0.05) is 13.1 Å². The molecule has 0 aliphatic heterocycles. The third kappa shape index (κ3) is 6.98. The number of urea groups is 1. The van der Waals surface area contributed by atoms with E-state index in [1.165, 1.54) is 21.1 Å². The number of carbonyl (C=O) groups is 3. The molecule has 9 heteroatoms. The number of carbonyl (C=O) groups excluding carboxylic acids is 3. The van der Waals surface area contributed by atoms with Gasteiger partial charge in [-0.05, 0) is 24.6 Å². The second kappa shape index (κ2) is 10.0. The molecule has 0 spiro atoms. The maximum atomic E-state index is 12.0. The van der Waals surface area contributed by atoms with Crippen molar-refractivity contribution < 1.29 is 28.6 Å². The van der Waals surface area contributed by atoms with Gasteiger partial charge in [0.2, 0.25) is 0 Å². The van der Waals surface area contributed by atoms with E-state index in [4.69, 9.17) is 19.9 Å². The molecule has 1 aromatic carbocycles. The van der Waals surface area contributed by atoms with Crippen LogP contribution in [0.2, 0.25) is 0 Å². The average Bonchev–Trinajstić information content (AvgIpc) is 2.58. The molecule has 9 nitrogen and oxygen atoms in total. The van der Waals surface area contributed by atoms with Crippen LogP contribution in [0.4, 0.5) is 4.79 Å². The van der Waals surface area contributed by atoms with Crippen molar-refractivity contribution in [2.45, 2.75) is 26.0 Å². The number of nitrogens with one attached hydrogen (secondary N) is 2. The summed E-state index contributed by atoms with van der Waals surface area (Å²) in [7, 11) is 3.06. The number of methoxy groups -OCH3 is 2. The summed E-state index contributed by atoms with van der Waals surface area (Å²) < 4.78 is 15.3. The summed E-state index contributed by atoms with van der Waals surface area (Å²) in [5.41, 5.74) is 5.68. The lowest BCUT2D eigenvalue weighted by Crippen LogP contribution is -2.36. The lowest BCUT2D eigenvalue weighted by molar-refractivity contribution is -0.154. The molecule has 0 aliphatic carbocycles. The topological polar surface area (TPSA) is 129 Å². The van der Waals surface area contributed by atoms with Crippen molar-refractivity contribution in [3.63, 3.8) is 0 Å². The second-order valence-electron chi connectivity index (χ2n) is 5.08. The Kier molecular flexibility index (Phi) is 8.04. The van der Waals surface area contributed by atoms with E-state index in [-0.39, 0.29) is 19.5 Å². The van der Waals surface area contributed by atoms with Gasteiger partial charge < -0.3 is 30.6 Å². The molecule has 0 fully saturated rings. The number of nitrogens with two attached hydrogens (primary N) is 1. The second-order valence-corrected chi connectivity index (χ2v) is 5.08. The number of benzene rings is 1. The Hall–Kier alpha value is -2.97. The van der Waals surface area contributed by atoms with Crippen LogP contribution in [-0.4, -0.2) is 44.8 Å². The first-order valence-electron chi connectivity index (χ1n) is 7.58. The lowest BCUT2D eigenvalue weighted by Gasteiger charge is -2.14. The number of rotatable bonds is 9. The number of hydrogen-bond acceptors (Lipinski definition) is 6. The fourth-order valence-electron chi connectivity index (χ4n) is 1.92. The van der Waals surface area contributed by atoms with Crippen LogP contribution in [0.25, 0.3) is 0 Å². The molecule has 0 unspecified atom stereocenters. The minimum atomic E-state index is -0.957. The van der Waals surface area contributed by atoms with Crippen molar-refractivity contribution in [2.24, 2.45) is 5.73 Å². The third-order valence-electron chi connectivity index (χ3n) is 3.22. The highest BCUT2D eigenvalue weighted by Gasteiger charge is 2.17. The molecular formula is C16H23N3O6. The van der Waals surface area contributed by atoms with Gasteiger partial charge in [-0.2, -0.15) is 0 Å². The quantitative estimate of drug-likeness (QED) is 0.548. The van der Waals surface area contributed by atoms with Crippen LogP contribution in [0.1, 0.15) is 18.9 Å². The van der Waals surface area contributed by atoms with Gasteiger partial charge in [0.15, 0.2) is 17.6 Å². The average molecular weight is 353 g/mol. The van der Waals surface area contributed by atoms with Crippen LogP contribution in [0.5, 0.6) is 11.5 Å². The van der Waals surface area contributed by atoms with E-state index in [0.717, 1.165) is 5.56 Å². The molecule has 3 amide bonds. The minimum absolute atomic E-state index is 0.0498.